The predicted molar refractivity (Wildman–Crippen MR) is 97.7 cm³/mol. The molecule has 0 N–H and O–H groups in total. The van der Waals surface area contributed by atoms with E-state index in [1.165, 1.54) is 31.6 Å². The Hall–Kier alpha value is -2.30. The zero-order chi connectivity index (χ0) is 18.5. The summed E-state index contributed by atoms with van der Waals surface area (Å²) in [6, 6.07) is 1.79. The lowest BCUT2D eigenvalue weighted by Gasteiger charge is -2.06. The number of allylic oxidation sites excluding steroid dienone is 1. The number of unbranched alkanes of at least 4 members (excludes halogenated alkanes) is 4. The molecule has 1 aromatic heterocycles. The van der Waals surface area contributed by atoms with E-state index in [1.54, 1.807) is 19.9 Å². The first-order valence-corrected chi connectivity index (χ1v) is 8.93. The van der Waals surface area contributed by atoms with Crippen molar-refractivity contribution in [1.82, 2.24) is 0 Å². The highest BCUT2D eigenvalue weighted by molar-refractivity contribution is 6.17. The van der Waals surface area contributed by atoms with Gasteiger partial charge in [-0.05, 0) is 32.8 Å². The molecular formula is C20H28O5. The van der Waals surface area contributed by atoms with Crippen LogP contribution in [0.15, 0.2) is 28.4 Å². The van der Waals surface area contributed by atoms with Crippen LogP contribution in [0.3, 0.4) is 0 Å². The monoisotopic (exact) mass is 348 g/mol. The van der Waals surface area contributed by atoms with Gasteiger partial charge in [0.2, 0.25) is 0 Å². The topological polar surface area (TPSA) is 65.7 Å². The SMILES string of the molecule is CCCCCCC=Cc1ccoc1C=C(C(=O)OCC)C(=O)OCC. The molecule has 0 saturated carbocycles. The van der Waals surface area contributed by atoms with E-state index in [0.717, 1.165) is 18.4 Å². The highest BCUT2D eigenvalue weighted by atomic mass is 16.6. The number of hydrogen-bond donors (Lipinski definition) is 0. The van der Waals surface area contributed by atoms with Crippen LogP contribution in [0.4, 0.5) is 0 Å². The predicted octanol–water partition coefficient (Wildman–Crippen LogP) is 4.77. The zero-order valence-corrected chi connectivity index (χ0v) is 15.4. The fourth-order valence-corrected chi connectivity index (χ4v) is 2.24. The molecule has 1 aromatic rings. The molecule has 1 heterocycles. The Bertz CT molecular complexity index is 575. The summed E-state index contributed by atoms with van der Waals surface area (Å²) in [5, 5.41) is 0. The quantitative estimate of drug-likeness (QED) is 0.189. The molecule has 0 aliphatic heterocycles. The normalized spacial score (nSPS) is 10.7. The molecule has 0 aromatic carbocycles. The minimum atomic E-state index is -0.716. The molecule has 1 rings (SSSR count). The largest absolute Gasteiger partial charge is 0.464 e. The lowest BCUT2D eigenvalue weighted by atomic mass is 10.1. The highest BCUT2D eigenvalue weighted by Crippen LogP contribution is 2.18. The third kappa shape index (κ3) is 7.42. The second-order valence-electron chi connectivity index (χ2n) is 5.49. The van der Waals surface area contributed by atoms with E-state index in [-0.39, 0.29) is 18.8 Å². The number of carbonyl (C=O) groups excluding carboxylic acids is 2. The maximum atomic E-state index is 12.0. The third-order valence-corrected chi connectivity index (χ3v) is 3.52. The Kier molecular flexibility index (Phi) is 10.1. The third-order valence-electron chi connectivity index (χ3n) is 3.52. The van der Waals surface area contributed by atoms with Crippen molar-refractivity contribution in [3.63, 3.8) is 0 Å². The lowest BCUT2D eigenvalue weighted by Crippen LogP contribution is -2.18. The summed E-state index contributed by atoms with van der Waals surface area (Å²) in [6.07, 6.45) is 12.7. The zero-order valence-electron chi connectivity index (χ0n) is 15.4. The average molecular weight is 348 g/mol. The van der Waals surface area contributed by atoms with Crippen molar-refractivity contribution in [1.29, 1.82) is 0 Å². The van der Waals surface area contributed by atoms with Crippen LogP contribution in [-0.4, -0.2) is 25.2 Å². The molecule has 0 aliphatic carbocycles. The van der Waals surface area contributed by atoms with E-state index < -0.39 is 11.9 Å². The van der Waals surface area contributed by atoms with E-state index >= 15 is 0 Å². The van der Waals surface area contributed by atoms with Crippen LogP contribution in [0.25, 0.3) is 12.2 Å². The first-order chi connectivity index (χ1) is 12.1. The molecule has 0 radical (unpaired) electrons. The Labute approximate surface area is 149 Å². The summed E-state index contributed by atoms with van der Waals surface area (Å²) in [5.41, 5.74) is 0.637. The van der Waals surface area contributed by atoms with Crippen molar-refractivity contribution in [3.8, 4) is 0 Å². The van der Waals surface area contributed by atoms with Crippen molar-refractivity contribution in [2.24, 2.45) is 0 Å². The molecule has 25 heavy (non-hydrogen) atoms. The second kappa shape index (κ2) is 12.1. The summed E-state index contributed by atoms with van der Waals surface area (Å²) < 4.78 is 15.3. The van der Waals surface area contributed by atoms with Gasteiger partial charge in [0, 0.05) is 11.6 Å². The van der Waals surface area contributed by atoms with Gasteiger partial charge in [0.25, 0.3) is 0 Å². The molecule has 0 amide bonds. The summed E-state index contributed by atoms with van der Waals surface area (Å²) in [7, 11) is 0. The maximum Gasteiger partial charge on any atom is 0.345 e. The van der Waals surface area contributed by atoms with Gasteiger partial charge in [0.1, 0.15) is 11.3 Å². The number of esters is 2. The van der Waals surface area contributed by atoms with Crippen LogP contribution >= 0.6 is 0 Å². The lowest BCUT2D eigenvalue weighted by molar-refractivity contribution is -0.146. The van der Waals surface area contributed by atoms with Gasteiger partial charge in [0.05, 0.1) is 19.5 Å². The molecular weight excluding hydrogens is 320 g/mol. The molecule has 0 unspecified atom stereocenters. The van der Waals surface area contributed by atoms with Gasteiger partial charge in [-0.3, -0.25) is 0 Å². The van der Waals surface area contributed by atoms with Crippen LogP contribution < -0.4 is 0 Å². The van der Waals surface area contributed by atoms with Crippen molar-refractivity contribution in [3.05, 3.63) is 35.3 Å². The molecule has 0 spiro atoms. The molecule has 0 fully saturated rings. The van der Waals surface area contributed by atoms with E-state index in [9.17, 15) is 9.59 Å². The Morgan fingerprint density at radius 3 is 2.32 bits per heavy atom. The molecule has 5 nitrogen and oxygen atoms in total. The fourth-order valence-electron chi connectivity index (χ4n) is 2.24. The van der Waals surface area contributed by atoms with Crippen LogP contribution in [0.5, 0.6) is 0 Å². The van der Waals surface area contributed by atoms with E-state index in [0.29, 0.717) is 5.76 Å². The summed E-state index contributed by atoms with van der Waals surface area (Å²) in [5.74, 6) is -1.00. The fraction of sp³-hybridized carbons (Fsp3) is 0.500. The van der Waals surface area contributed by atoms with Crippen LogP contribution in [-0.2, 0) is 19.1 Å². The highest BCUT2D eigenvalue weighted by Gasteiger charge is 2.22. The molecule has 138 valence electrons. The van der Waals surface area contributed by atoms with Gasteiger partial charge in [0.15, 0.2) is 0 Å². The molecule has 0 aliphatic rings. The number of carbonyl (C=O) groups is 2. The maximum absolute atomic E-state index is 12.0. The smallest absolute Gasteiger partial charge is 0.345 e. The molecule has 5 heteroatoms. The van der Waals surface area contributed by atoms with Gasteiger partial charge in [-0.2, -0.15) is 0 Å². The van der Waals surface area contributed by atoms with Crippen molar-refractivity contribution in [2.45, 2.75) is 52.9 Å². The van der Waals surface area contributed by atoms with Crippen LogP contribution in [0.1, 0.15) is 64.2 Å². The number of furan rings is 1. The number of ether oxygens (including phenoxy) is 2. The van der Waals surface area contributed by atoms with Crippen molar-refractivity contribution < 1.29 is 23.5 Å². The number of hydrogen-bond acceptors (Lipinski definition) is 5. The Morgan fingerprint density at radius 2 is 1.72 bits per heavy atom. The Morgan fingerprint density at radius 1 is 1.04 bits per heavy atom. The van der Waals surface area contributed by atoms with Gasteiger partial charge in [-0.25, -0.2) is 9.59 Å². The minimum absolute atomic E-state index is 0.170. The van der Waals surface area contributed by atoms with Crippen molar-refractivity contribution in [2.75, 3.05) is 13.2 Å². The van der Waals surface area contributed by atoms with Gasteiger partial charge in [-0.15, -0.1) is 0 Å². The van der Waals surface area contributed by atoms with Crippen LogP contribution in [0.2, 0.25) is 0 Å². The van der Waals surface area contributed by atoms with E-state index in [2.05, 4.69) is 13.0 Å². The van der Waals surface area contributed by atoms with Crippen LogP contribution in [0, 0.1) is 0 Å². The minimum Gasteiger partial charge on any atom is -0.464 e. The second-order valence-corrected chi connectivity index (χ2v) is 5.49. The summed E-state index contributed by atoms with van der Waals surface area (Å²) in [6.45, 7) is 5.90. The number of rotatable bonds is 11. The first-order valence-electron chi connectivity index (χ1n) is 8.93. The van der Waals surface area contributed by atoms with Gasteiger partial charge < -0.3 is 13.9 Å². The van der Waals surface area contributed by atoms with E-state index in [1.807, 2.05) is 6.08 Å². The molecule has 0 saturated heterocycles. The standard InChI is InChI=1S/C20H28O5/c1-4-7-8-9-10-11-12-16-13-14-25-18(16)15-17(19(21)23-5-2)20(22)24-6-3/h11-15H,4-10H2,1-3H3. The molecule has 0 bridgehead atoms. The van der Waals surface area contributed by atoms with Gasteiger partial charge in [-0.1, -0.05) is 38.3 Å². The Balaban J connectivity index is 2.87. The first kappa shape index (κ1) is 20.7. The summed E-state index contributed by atoms with van der Waals surface area (Å²) >= 11 is 0. The van der Waals surface area contributed by atoms with Crippen molar-refractivity contribution >= 4 is 24.1 Å². The molecule has 0 atom stereocenters. The average Bonchev–Trinajstić information content (AvgIpc) is 3.03. The summed E-state index contributed by atoms with van der Waals surface area (Å²) in [4.78, 5) is 24.0. The van der Waals surface area contributed by atoms with Gasteiger partial charge >= 0.3 is 11.9 Å². The van der Waals surface area contributed by atoms with E-state index in [4.69, 9.17) is 13.9 Å².